The number of nitrogens with one attached hydrogen (secondary N) is 1. The Morgan fingerprint density at radius 3 is 2.32 bits per heavy atom. The predicted molar refractivity (Wildman–Crippen MR) is 132 cm³/mol. The molecule has 0 unspecified atom stereocenters. The van der Waals surface area contributed by atoms with Gasteiger partial charge in [-0.2, -0.15) is 18.3 Å². The van der Waals surface area contributed by atoms with Crippen molar-refractivity contribution in [2.75, 3.05) is 11.6 Å². The van der Waals surface area contributed by atoms with Crippen LogP contribution in [0.4, 0.5) is 19.0 Å². The Hall–Kier alpha value is -3.99. The van der Waals surface area contributed by atoms with Crippen LogP contribution in [0.3, 0.4) is 0 Å². The number of benzene rings is 2. The van der Waals surface area contributed by atoms with E-state index < -0.39 is 29.4 Å². The molecule has 0 fully saturated rings. The van der Waals surface area contributed by atoms with E-state index in [1.165, 1.54) is 18.9 Å². The second kappa shape index (κ2) is 9.81. The molecule has 1 aliphatic rings. The summed E-state index contributed by atoms with van der Waals surface area (Å²) < 4.78 is 40.6. The molecule has 0 radical (unpaired) electrons. The number of alkyl halides is 3. The number of aromatic nitrogens is 2. The molecule has 0 saturated carbocycles. The molecule has 8 nitrogen and oxygen atoms in total. The van der Waals surface area contributed by atoms with E-state index in [0.717, 1.165) is 11.8 Å². The molecule has 0 bridgehead atoms. The zero-order valence-corrected chi connectivity index (χ0v) is 20.5. The van der Waals surface area contributed by atoms with Crippen LogP contribution in [0.5, 0.6) is 0 Å². The third-order valence-corrected chi connectivity index (χ3v) is 6.06. The van der Waals surface area contributed by atoms with Crippen LogP contribution in [0.2, 0.25) is 5.02 Å². The summed E-state index contributed by atoms with van der Waals surface area (Å²) >= 11 is 6.04. The summed E-state index contributed by atoms with van der Waals surface area (Å²) in [5, 5.41) is 8.77. The summed E-state index contributed by atoms with van der Waals surface area (Å²) in [6.45, 7) is 2.83. The monoisotopic (exact) mass is 530 g/mol. The Balaban J connectivity index is 1.83. The Morgan fingerprint density at radius 2 is 1.73 bits per heavy atom. The van der Waals surface area contributed by atoms with Gasteiger partial charge in [0, 0.05) is 17.1 Å². The van der Waals surface area contributed by atoms with E-state index in [0.29, 0.717) is 16.3 Å². The standard InChI is InChI=1S/C25H22ClF3N6O2/c1-24(2,22(30)37)33-21(36)17-12-31-23(25(27,28)29)32-20(17)35-13-18(14-6-4-3-5-7-14)19(34-35)15-8-10-16(26)11-9-15/h3-12,18H,13H2,1-2H3,(H2,30,37)(H,33,36)/t18-/m0/s1. The summed E-state index contributed by atoms with van der Waals surface area (Å²) in [5.41, 5.74) is 5.68. The predicted octanol–water partition coefficient (Wildman–Crippen LogP) is 4.15. The molecule has 12 heteroatoms. The van der Waals surface area contributed by atoms with Crippen LogP contribution in [-0.4, -0.2) is 39.6 Å². The van der Waals surface area contributed by atoms with Crippen molar-refractivity contribution in [1.82, 2.24) is 15.3 Å². The molecule has 3 aromatic rings. The molecule has 1 atom stereocenters. The van der Waals surface area contributed by atoms with Gasteiger partial charge in [-0.3, -0.25) is 9.59 Å². The molecule has 0 aliphatic carbocycles. The van der Waals surface area contributed by atoms with E-state index in [-0.39, 0.29) is 23.8 Å². The molecule has 2 amide bonds. The minimum Gasteiger partial charge on any atom is -0.368 e. The average Bonchev–Trinajstić information content (AvgIpc) is 3.29. The SMILES string of the molecule is CC(C)(NC(=O)c1cnc(C(F)(F)F)nc1N1C[C@@H](c2ccccc2)C(c2ccc(Cl)cc2)=N1)C(N)=O. The van der Waals surface area contributed by atoms with Gasteiger partial charge in [-0.25, -0.2) is 15.0 Å². The van der Waals surface area contributed by atoms with Gasteiger partial charge in [0.25, 0.3) is 5.91 Å². The van der Waals surface area contributed by atoms with Crippen molar-refractivity contribution >= 4 is 34.9 Å². The lowest BCUT2D eigenvalue weighted by molar-refractivity contribution is -0.144. The second-order valence-corrected chi connectivity index (χ2v) is 9.35. The highest BCUT2D eigenvalue weighted by molar-refractivity contribution is 6.30. The first-order valence-electron chi connectivity index (χ1n) is 11.1. The van der Waals surface area contributed by atoms with Crippen LogP contribution >= 0.6 is 11.6 Å². The summed E-state index contributed by atoms with van der Waals surface area (Å²) in [6.07, 6.45) is -4.09. The first kappa shape index (κ1) is 26.1. The summed E-state index contributed by atoms with van der Waals surface area (Å²) in [6, 6.07) is 16.2. The summed E-state index contributed by atoms with van der Waals surface area (Å²) in [7, 11) is 0. The Labute approximate surface area is 215 Å². The van der Waals surface area contributed by atoms with Gasteiger partial charge in [0.2, 0.25) is 11.7 Å². The van der Waals surface area contributed by atoms with Gasteiger partial charge in [0.05, 0.1) is 12.3 Å². The molecular formula is C25H22ClF3N6O2. The number of hydrazone groups is 1. The lowest BCUT2D eigenvalue weighted by atomic mass is 9.90. The number of amides is 2. The van der Waals surface area contributed by atoms with Crippen LogP contribution in [0, 0.1) is 0 Å². The molecule has 0 spiro atoms. The molecule has 2 heterocycles. The minimum atomic E-state index is -4.86. The molecule has 192 valence electrons. The van der Waals surface area contributed by atoms with Crippen molar-refractivity contribution in [3.63, 3.8) is 0 Å². The lowest BCUT2D eigenvalue weighted by Crippen LogP contribution is -2.53. The number of nitrogens with zero attached hydrogens (tertiary/aromatic N) is 4. The fourth-order valence-electron chi connectivity index (χ4n) is 3.74. The van der Waals surface area contributed by atoms with E-state index >= 15 is 0 Å². The van der Waals surface area contributed by atoms with E-state index in [1.54, 1.807) is 24.3 Å². The molecule has 4 rings (SSSR count). The van der Waals surface area contributed by atoms with Gasteiger partial charge in [-0.05, 0) is 37.1 Å². The maximum Gasteiger partial charge on any atom is 0.451 e. The van der Waals surface area contributed by atoms with Crippen molar-refractivity contribution in [3.05, 3.63) is 88.3 Å². The minimum absolute atomic E-state index is 0.0930. The van der Waals surface area contributed by atoms with Gasteiger partial charge >= 0.3 is 6.18 Å². The van der Waals surface area contributed by atoms with Crippen molar-refractivity contribution < 1.29 is 22.8 Å². The van der Waals surface area contributed by atoms with Crippen molar-refractivity contribution in [2.24, 2.45) is 10.8 Å². The number of halogens is 4. The molecule has 37 heavy (non-hydrogen) atoms. The summed E-state index contributed by atoms with van der Waals surface area (Å²) in [5.74, 6) is -3.85. The summed E-state index contributed by atoms with van der Waals surface area (Å²) in [4.78, 5) is 31.8. The molecule has 3 N–H and O–H groups in total. The van der Waals surface area contributed by atoms with E-state index in [4.69, 9.17) is 17.3 Å². The van der Waals surface area contributed by atoms with Gasteiger partial charge in [0.1, 0.15) is 11.1 Å². The number of hydrogen-bond donors (Lipinski definition) is 2. The van der Waals surface area contributed by atoms with Crippen LogP contribution in [-0.2, 0) is 11.0 Å². The Morgan fingerprint density at radius 1 is 1.08 bits per heavy atom. The number of primary amides is 1. The second-order valence-electron chi connectivity index (χ2n) is 8.91. The number of carbonyl (C=O) groups excluding carboxylic acids is 2. The largest absolute Gasteiger partial charge is 0.451 e. The third-order valence-electron chi connectivity index (χ3n) is 5.81. The molecule has 1 aliphatic heterocycles. The third kappa shape index (κ3) is 5.56. The van der Waals surface area contributed by atoms with Crippen LogP contribution in [0.1, 0.15) is 47.1 Å². The first-order valence-corrected chi connectivity index (χ1v) is 11.5. The maximum atomic E-state index is 13.5. The molecule has 0 saturated heterocycles. The number of rotatable bonds is 6. The Bertz CT molecular complexity index is 1360. The smallest absolute Gasteiger partial charge is 0.368 e. The van der Waals surface area contributed by atoms with Gasteiger partial charge in [-0.15, -0.1) is 0 Å². The lowest BCUT2D eigenvalue weighted by Gasteiger charge is -2.24. The maximum absolute atomic E-state index is 13.5. The van der Waals surface area contributed by atoms with Crippen LogP contribution in [0.15, 0.2) is 65.9 Å². The number of nitrogens with two attached hydrogens (primary N) is 1. The fraction of sp³-hybridized carbons (Fsp3) is 0.240. The van der Waals surface area contributed by atoms with Gasteiger partial charge in [-0.1, -0.05) is 54.1 Å². The topological polar surface area (TPSA) is 114 Å². The van der Waals surface area contributed by atoms with Crippen molar-refractivity contribution in [3.8, 4) is 0 Å². The van der Waals surface area contributed by atoms with Crippen LogP contribution in [0.25, 0.3) is 0 Å². The van der Waals surface area contributed by atoms with Crippen molar-refractivity contribution in [2.45, 2.75) is 31.5 Å². The number of carbonyl (C=O) groups is 2. The van der Waals surface area contributed by atoms with Crippen molar-refractivity contribution in [1.29, 1.82) is 0 Å². The highest BCUT2D eigenvalue weighted by Gasteiger charge is 2.39. The van der Waals surface area contributed by atoms with Gasteiger partial charge < -0.3 is 11.1 Å². The van der Waals surface area contributed by atoms with Crippen LogP contribution < -0.4 is 16.1 Å². The molecule has 2 aromatic carbocycles. The normalized spacial score (nSPS) is 15.9. The fourth-order valence-corrected chi connectivity index (χ4v) is 3.87. The van der Waals surface area contributed by atoms with E-state index in [2.05, 4.69) is 20.4 Å². The quantitative estimate of drug-likeness (QED) is 0.497. The molecule has 1 aromatic heterocycles. The number of anilines is 1. The number of hydrogen-bond acceptors (Lipinski definition) is 6. The van der Waals surface area contributed by atoms with E-state index in [9.17, 15) is 22.8 Å². The molecular weight excluding hydrogens is 509 g/mol. The highest BCUT2D eigenvalue weighted by Crippen LogP contribution is 2.35. The van der Waals surface area contributed by atoms with E-state index in [1.807, 2.05) is 30.3 Å². The van der Waals surface area contributed by atoms with Gasteiger partial charge in [0.15, 0.2) is 5.82 Å². The Kier molecular flexibility index (Phi) is 6.92. The zero-order chi connectivity index (χ0) is 27.0. The highest BCUT2D eigenvalue weighted by atomic mass is 35.5. The average molecular weight is 531 g/mol. The zero-order valence-electron chi connectivity index (χ0n) is 19.8. The first-order chi connectivity index (χ1) is 17.4.